The van der Waals surface area contributed by atoms with E-state index in [1.54, 1.807) is 6.08 Å². The minimum atomic E-state index is -2.07. The maximum absolute atomic E-state index is 12.0. The lowest BCUT2D eigenvalue weighted by atomic mass is 9.87. The number of aliphatic hydroxyl groups excluding tert-OH is 1. The Hall–Kier alpha value is -0.693. The molecule has 1 saturated heterocycles. The van der Waals surface area contributed by atoms with Crippen LogP contribution < -0.4 is 0 Å². The maximum Gasteiger partial charge on any atom is 0.308 e. The number of aliphatic hydroxyl groups is 1. The Balaban J connectivity index is 3.16. The van der Waals surface area contributed by atoms with Gasteiger partial charge in [0.1, 0.15) is 0 Å². The van der Waals surface area contributed by atoms with Crippen LogP contribution in [0.1, 0.15) is 74.7 Å². The summed E-state index contributed by atoms with van der Waals surface area (Å²) in [6, 6.07) is 0. The molecule has 5 nitrogen and oxygen atoms in total. The number of carbonyl (C=O) groups is 1. The van der Waals surface area contributed by atoms with E-state index in [9.17, 15) is 9.90 Å². The van der Waals surface area contributed by atoms with Gasteiger partial charge in [-0.15, -0.1) is 0 Å². The van der Waals surface area contributed by atoms with Gasteiger partial charge in [-0.1, -0.05) is 60.6 Å². The Morgan fingerprint density at radius 3 is 2.17 bits per heavy atom. The lowest BCUT2D eigenvalue weighted by Crippen LogP contribution is -2.55. The molecule has 0 amide bonds. The molecule has 0 aliphatic carbocycles. The minimum absolute atomic E-state index is 0.0140. The number of hydrogen-bond acceptors (Lipinski definition) is 5. The van der Waals surface area contributed by atoms with Crippen molar-refractivity contribution < 1.29 is 23.8 Å². The van der Waals surface area contributed by atoms with Gasteiger partial charge in [0.25, 0.3) is 0 Å². The van der Waals surface area contributed by atoms with Gasteiger partial charge in [-0.3, -0.25) is 4.79 Å². The zero-order valence-electron chi connectivity index (χ0n) is 20.0. The molecule has 0 spiro atoms. The van der Waals surface area contributed by atoms with Gasteiger partial charge in [-0.25, -0.2) is 0 Å². The Kier molecular flexibility index (Phi) is 10.6. The number of ether oxygens (including phenoxy) is 2. The number of hydrogen-bond donors (Lipinski definition) is 1. The molecule has 1 heterocycles. The molecular formula is C23H44O5Si. The minimum Gasteiger partial charge on any atom is -0.469 e. The first-order valence-electron chi connectivity index (χ1n) is 11.2. The van der Waals surface area contributed by atoms with Crippen molar-refractivity contribution in [3.8, 4) is 0 Å². The third-order valence-electron chi connectivity index (χ3n) is 6.61. The first-order valence-corrected chi connectivity index (χ1v) is 13.3. The van der Waals surface area contributed by atoms with E-state index in [0.717, 1.165) is 6.42 Å². The second-order valence-electron chi connectivity index (χ2n) is 9.47. The van der Waals surface area contributed by atoms with Gasteiger partial charge in [-0.05, 0) is 30.0 Å². The number of rotatable bonds is 10. The quantitative estimate of drug-likeness (QED) is 0.293. The Morgan fingerprint density at radius 1 is 1.17 bits per heavy atom. The SMILES string of the molecule is C/C=C/[C@@H](O)C[C@@H]1C[C@H](O[Si](C(C)C)(C(C)C)C(C)C)[C@@H](C)[C@H](CC(=O)OC)O1. The van der Waals surface area contributed by atoms with Gasteiger partial charge in [0.15, 0.2) is 0 Å². The van der Waals surface area contributed by atoms with Crippen LogP contribution in [-0.4, -0.2) is 50.9 Å². The maximum atomic E-state index is 12.0. The van der Waals surface area contributed by atoms with Crippen LogP contribution in [0.4, 0.5) is 0 Å². The molecule has 0 aromatic carbocycles. The molecule has 0 radical (unpaired) electrons. The van der Waals surface area contributed by atoms with Gasteiger partial charge in [-0.2, -0.15) is 0 Å². The molecule has 170 valence electrons. The van der Waals surface area contributed by atoms with E-state index in [2.05, 4.69) is 48.5 Å². The average Bonchev–Trinajstić information content (AvgIpc) is 2.61. The number of carbonyl (C=O) groups excluding carboxylic acids is 1. The fraction of sp³-hybridized carbons (Fsp3) is 0.870. The molecule has 0 bridgehead atoms. The third-order valence-corrected chi connectivity index (χ3v) is 12.7. The van der Waals surface area contributed by atoms with Crippen molar-refractivity contribution in [2.24, 2.45) is 5.92 Å². The van der Waals surface area contributed by atoms with Crippen molar-refractivity contribution in [1.82, 2.24) is 0 Å². The number of methoxy groups -OCH3 is 1. The normalized spacial score (nSPS) is 27.2. The van der Waals surface area contributed by atoms with Crippen LogP contribution in [0.15, 0.2) is 12.2 Å². The monoisotopic (exact) mass is 428 g/mol. The van der Waals surface area contributed by atoms with E-state index < -0.39 is 14.4 Å². The lowest BCUT2D eigenvalue weighted by Gasteiger charge is -2.49. The highest BCUT2D eigenvalue weighted by molar-refractivity contribution is 6.77. The second-order valence-corrected chi connectivity index (χ2v) is 14.9. The van der Waals surface area contributed by atoms with Gasteiger partial charge >= 0.3 is 5.97 Å². The molecule has 1 aliphatic rings. The number of esters is 1. The molecular weight excluding hydrogens is 384 g/mol. The Morgan fingerprint density at radius 2 is 1.72 bits per heavy atom. The largest absolute Gasteiger partial charge is 0.469 e. The van der Waals surface area contributed by atoms with Crippen LogP contribution in [0.5, 0.6) is 0 Å². The van der Waals surface area contributed by atoms with Crippen LogP contribution >= 0.6 is 0 Å². The van der Waals surface area contributed by atoms with E-state index in [-0.39, 0.29) is 36.6 Å². The molecule has 0 saturated carbocycles. The van der Waals surface area contributed by atoms with E-state index in [0.29, 0.717) is 23.0 Å². The first-order chi connectivity index (χ1) is 13.5. The first kappa shape index (κ1) is 26.3. The summed E-state index contributed by atoms with van der Waals surface area (Å²) in [5.41, 5.74) is 1.47. The zero-order chi connectivity index (χ0) is 22.4. The lowest BCUT2D eigenvalue weighted by molar-refractivity contribution is -0.160. The van der Waals surface area contributed by atoms with Crippen molar-refractivity contribution in [2.45, 2.75) is 116 Å². The second kappa shape index (κ2) is 11.6. The average molecular weight is 429 g/mol. The van der Waals surface area contributed by atoms with E-state index in [4.69, 9.17) is 13.9 Å². The van der Waals surface area contributed by atoms with Crippen LogP contribution in [0.25, 0.3) is 0 Å². The summed E-state index contributed by atoms with van der Waals surface area (Å²) in [5, 5.41) is 10.3. The third kappa shape index (κ3) is 6.64. The molecule has 1 fully saturated rings. The van der Waals surface area contributed by atoms with Crippen molar-refractivity contribution in [1.29, 1.82) is 0 Å². The van der Waals surface area contributed by atoms with Gasteiger partial charge in [0.05, 0.1) is 37.9 Å². The molecule has 5 atom stereocenters. The summed E-state index contributed by atoms with van der Waals surface area (Å²) < 4.78 is 18.3. The molecule has 29 heavy (non-hydrogen) atoms. The zero-order valence-corrected chi connectivity index (χ0v) is 21.0. The van der Waals surface area contributed by atoms with Crippen LogP contribution in [0.2, 0.25) is 16.6 Å². The van der Waals surface area contributed by atoms with E-state index in [1.807, 2.05) is 13.0 Å². The molecule has 0 unspecified atom stereocenters. The topological polar surface area (TPSA) is 65.0 Å². The standard InChI is InChI=1S/C23H44O5Si/c1-10-11-19(24)12-20-13-22(18(8)21(27-20)14-23(25)26-9)28-29(15(2)3,16(4)5)17(6)7/h10-11,15-22,24H,12-14H2,1-9H3/b11-10+/t18-,19+,20+,21-,22-/m0/s1. The summed E-state index contributed by atoms with van der Waals surface area (Å²) in [7, 11) is -0.660. The van der Waals surface area contributed by atoms with Crippen LogP contribution in [0.3, 0.4) is 0 Å². The van der Waals surface area contributed by atoms with Crippen molar-refractivity contribution >= 4 is 14.3 Å². The van der Waals surface area contributed by atoms with Crippen LogP contribution in [-0.2, 0) is 18.7 Å². The molecule has 6 heteroatoms. The molecule has 1 N–H and O–H groups in total. The summed E-state index contributed by atoms with van der Waals surface area (Å²) >= 11 is 0. The van der Waals surface area contributed by atoms with Crippen molar-refractivity contribution in [2.75, 3.05) is 7.11 Å². The molecule has 1 aliphatic heterocycles. The fourth-order valence-corrected chi connectivity index (χ4v) is 10.8. The predicted molar refractivity (Wildman–Crippen MR) is 120 cm³/mol. The summed E-state index contributed by atoms with van der Waals surface area (Å²) in [4.78, 5) is 12.0. The van der Waals surface area contributed by atoms with Gasteiger partial charge < -0.3 is 19.0 Å². The molecule has 0 aromatic heterocycles. The van der Waals surface area contributed by atoms with Gasteiger partial charge in [0, 0.05) is 12.3 Å². The van der Waals surface area contributed by atoms with Crippen LogP contribution in [0, 0.1) is 5.92 Å². The predicted octanol–water partition coefficient (Wildman–Crippen LogP) is 5.23. The highest BCUT2D eigenvalue weighted by atomic mass is 28.4. The highest BCUT2D eigenvalue weighted by Crippen LogP contribution is 2.45. The highest BCUT2D eigenvalue weighted by Gasteiger charge is 2.49. The Labute approximate surface area is 179 Å². The van der Waals surface area contributed by atoms with E-state index >= 15 is 0 Å². The number of allylic oxidation sites excluding steroid dienone is 1. The summed E-state index contributed by atoms with van der Waals surface area (Å²) in [5.74, 6) is -0.178. The Bertz CT molecular complexity index is 510. The summed E-state index contributed by atoms with van der Waals surface area (Å²) in [6.07, 6.45) is 4.15. The van der Waals surface area contributed by atoms with Gasteiger partial charge in [0.2, 0.25) is 8.32 Å². The summed E-state index contributed by atoms with van der Waals surface area (Å²) in [6.45, 7) is 17.7. The molecule has 0 aromatic rings. The smallest absolute Gasteiger partial charge is 0.308 e. The molecule has 1 rings (SSSR count). The van der Waals surface area contributed by atoms with Crippen molar-refractivity contribution in [3.05, 3.63) is 12.2 Å². The fourth-order valence-electron chi connectivity index (χ4n) is 5.17. The van der Waals surface area contributed by atoms with E-state index in [1.165, 1.54) is 7.11 Å². The van der Waals surface area contributed by atoms with Crippen molar-refractivity contribution in [3.63, 3.8) is 0 Å².